The van der Waals surface area contributed by atoms with Crippen molar-refractivity contribution in [3.63, 3.8) is 0 Å². The lowest BCUT2D eigenvalue weighted by Crippen LogP contribution is -2.25. The minimum Gasteiger partial charge on any atom is -0.308 e. The van der Waals surface area contributed by atoms with Gasteiger partial charge in [0.2, 0.25) is 0 Å². The third kappa shape index (κ3) is 3.30. The van der Waals surface area contributed by atoms with Crippen LogP contribution in [0, 0.1) is 0 Å². The molecule has 0 aliphatic rings. The number of tetrazole rings is 1. The van der Waals surface area contributed by atoms with Crippen molar-refractivity contribution in [3.8, 4) is 0 Å². The van der Waals surface area contributed by atoms with Crippen molar-refractivity contribution < 1.29 is 0 Å². The van der Waals surface area contributed by atoms with Crippen LogP contribution >= 0.6 is 11.6 Å². The quantitative estimate of drug-likeness (QED) is 0.913. The summed E-state index contributed by atoms with van der Waals surface area (Å²) in [6, 6.07) is 8.15. The summed E-state index contributed by atoms with van der Waals surface area (Å²) in [5, 5.41) is 15.9. The Labute approximate surface area is 118 Å². The van der Waals surface area contributed by atoms with E-state index in [1.807, 2.05) is 31.2 Å². The fraction of sp³-hybridized carbons (Fsp3) is 0.462. The molecule has 1 heterocycles. The van der Waals surface area contributed by atoms with E-state index in [0.717, 1.165) is 16.4 Å². The summed E-state index contributed by atoms with van der Waals surface area (Å²) < 4.78 is 1.80. The molecular formula is C13H18ClN5. The van der Waals surface area contributed by atoms with Gasteiger partial charge in [-0.25, -0.2) is 4.68 Å². The smallest absolute Gasteiger partial charge is 0.165 e. The van der Waals surface area contributed by atoms with Gasteiger partial charge in [-0.15, -0.1) is 5.10 Å². The summed E-state index contributed by atoms with van der Waals surface area (Å²) in [6.45, 7) is 6.85. The summed E-state index contributed by atoms with van der Waals surface area (Å²) in [6.07, 6.45) is 0. The molecule has 19 heavy (non-hydrogen) atoms. The Morgan fingerprint density at radius 2 is 2.00 bits per heavy atom. The Bertz CT molecular complexity index is 537. The summed E-state index contributed by atoms with van der Waals surface area (Å²) in [5.41, 5.74) is 1.02. The Kier molecular flexibility index (Phi) is 4.50. The van der Waals surface area contributed by atoms with Gasteiger partial charge in [-0.05, 0) is 29.0 Å². The maximum atomic E-state index is 6.22. The monoisotopic (exact) mass is 279 g/mol. The molecule has 0 radical (unpaired) electrons. The Hall–Kier alpha value is -1.46. The van der Waals surface area contributed by atoms with Crippen LogP contribution < -0.4 is 5.32 Å². The molecule has 0 aliphatic carbocycles. The predicted octanol–water partition coefficient (Wildman–Crippen LogP) is 2.43. The summed E-state index contributed by atoms with van der Waals surface area (Å²) in [7, 11) is 0. The summed E-state index contributed by atoms with van der Waals surface area (Å²) in [5.74, 6) is 0.807. The maximum absolute atomic E-state index is 6.22. The van der Waals surface area contributed by atoms with Crippen LogP contribution in [-0.2, 0) is 6.54 Å². The van der Waals surface area contributed by atoms with Gasteiger partial charge < -0.3 is 5.32 Å². The fourth-order valence-corrected chi connectivity index (χ4v) is 2.16. The van der Waals surface area contributed by atoms with E-state index >= 15 is 0 Å². The van der Waals surface area contributed by atoms with Gasteiger partial charge in [0.15, 0.2) is 5.82 Å². The number of halogens is 1. The Morgan fingerprint density at radius 1 is 1.26 bits per heavy atom. The van der Waals surface area contributed by atoms with Crippen molar-refractivity contribution in [2.24, 2.45) is 0 Å². The number of nitrogens with zero attached hydrogens (tertiary/aromatic N) is 4. The first-order valence-corrected chi connectivity index (χ1v) is 6.72. The highest BCUT2D eigenvalue weighted by atomic mass is 35.5. The lowest BCUT2D eigenvalue weighted by atomic mass is 10.1. The molecule has 102 valence electrons. The van der Waals surface area contributed by atoms with Crippen LogP contribution in [0.15, 0.2) is 24.3 Å². The SMILES string of the molecule is CC(C)NCc1nnnn1C(C)c1ccccc1Cl. The number of benzene rings is 1. The minimum atomic E-state index is 0.00709. The molecule has 0 aliphatic heterocycles. The van der Waals surface area contributed by atoms with Crippen LogP contribution in [-0.4, -0.2) is 26.2 Å². The molecule has 1 aromatic carbocycles. The molecule has 0 saturated carbocycles. The van der Waals surface area contributed by atoms with E-state index in [-0.39, 0.29) is 6.04 Å². The minimum absolute atomic E-state index is 0.00709. The van der Waals surface area contributed by atoms with Crippen molar-refractivity contribution in [1.29, 1.82) is 0 Å². The van der Waals surface area contributed by atoms with E-state index < -0.39 is 0 Å². The molecule has 5 nitrogen and oxygen atoms in total. The number of hydrogen-bond donors (Lipinski definition) is 1. The number of rotatable bonds is 5. The largest absolute Gasteiger partial charge is 0.308 e. The van der Waals surface area contributed by atoms with Gasteiger partial charge in [0.25, 0.3) is 0 Å². The van der Waals surface area contributed by atoms with Gasteiger partial charge in [-0.2, -0.15) is 0 Å². The Balaban J connectivity index is 2.22. The topological polar surface area (TPSA) is 55.6 Å². The van der Waals surface area contributed by atoms with Gasteiger partial charge >= 0.3 is 0 Å². The average Bonchev–Trinajstić information content (AvgIpc) is 2.84. The molecule has 0 bridgehead atoms. The van der Waals surface area contributed by atoms with Gasteiger partial charge in [0.05, 0.1) is 12.6 Å². The highest BCUT2D eigenvalue weighted by Gasteiger charge is 2.16. The average molecular weight is 280 g/mol. The molecule has 1 N–H and O–H groups in total. The second kappa shape index (κ2) is 6.12. The molecular weight excluding hydrogens is 262 g/mol. The lowest BCUT2D eigenvalue weighted by Gasteiger charge is -2.16. The number of hydrogen-bond acceptors (Lipinski definition) is 4. The van der Waals surface area contributed by atoms with E-state index in [0.29, 0.717) is 12.6 Å². The van der Waals surface area contributed by atoms with Gasteiger partial charge in [0, 0.05) is 11.1 Å². The summed E-state index contributed by atoms with van der Waals surface area (Å²) >= 11 is 6.22. The molecule has 1 atom stereocenters. The van der Waals surface area contributed by atoms with E-state index in [1.54, 1.807) is 4.68 Å². The first kappa shape index (κ1) is 14.0. The third-order valence-corrected chi connectivity index (χ3v) is 3.30. The molecule has 0 saturated heterocycles. The zero-order valence-corrected chi connectivity index (χ0v) is 12.1. The van der Waals surface area contributed by atoms with Crippen molar-refractivity contribution in [1.82, 2.24) is 25.5 Å². The van der Waals surface area contributed by atoms with Gasteiger partial charge in [-0.3, -0.25) is 0 Å². The zero-order valence-electron chi connectivity index (χ0n) is 11.3. The van der Waals surface area contributed by atoms with Crippen LogP contribution in [0.2, 0.25) is 5.02 Å². The van der Waals surface area contributed by atoms with Gasteiger partial charge in [0.1, 0.15) is 0 Å². The first-order chi connectivity index (χ1) is 9.09. The molecule has 0 fully saturated rings. The molecule has 0 amide bonds. The van der Waals surface area contributed by atoms with Crippen molar-refractivity contribution in [3.05, 3.63) is 40.7 Å². The van der Waals surface area contributed by atoms with E-state index in [9.17, 15) is 0 Å². The zero-order chi connectivity index (χ0) is 13.8. The molecule has 2 aromatic rings. The standard InChI is InChI=1S/C13H18ClN5/c1-9(2)15-8-13-16-17-18-19(13)10(3)11-6-4-5-7-12(11)14/h4-7,9-10,15H,8H2,1-3H3. The van der Waals surface area contributed by atoms with Crippen LogP contribution in [0.25, 0.3) is 0 Å². The molecule has 1 unspecified atom stereocenters. The highest BCUT2D eigenvalue weighted by Crippen LogP contribution is 2.25. The molecule has 0 spiro atoms. The van der Waals surface area contributed by atoms with Crippen molar-refractivity contribution in [2.45, 2.75) is 39.4 Å². The second-order valence-corrected chi connectivity index (χ2v) is 5.18. The molecule has 2 rings (SSSR count). The highest BCUT2D eigenvalue weighted by molar-refractivity contribution is 6.31. The normalized spacial score (nSPS) is 12.9. The second-order valence-electron chi connectivity index (χ2n) is 4.77. The van der Waals surface area contributed by atoms with Crippen LogP contribution in [0.5, 0.6) is 0 Å². The van der Waals surface area contributed by atoms with Gasteiger partial charge in [-0.1, -0.05) is 43.6 Å². The van der Waals surface area contributed by atoms with E-state index in [2.05, 4.69) is 34.7 Å². The van der Waals surface area contributed by atoms with E-state index in [1.165, 1.54) is 0 Å². The lowest BCUT2D eigenvalue weighted by molar-refractivity contribution is 0.490. The Morgan fingerprint density at radius 3 is 2.68 bits per heavy atom. The fourth-order valence-electron chi connectivity index (χ4n) is 1.87. The van der Waals surface area contributed by atoms with Crippen molar-refractivity contribution in [2.75, 3.05) is 0 Å². The predicted molar refractivity (Wildman–Crippen MR) is 75.1 cm³/mol. The summed E-state index contributed by atoms with van der Waals surface area (Å²) in [4.78, 5) is 0. The van der Waals surface area contributed by atoms with Crippen LogP contribution in [0.1, 0.15) is 38.2 Å². The van der Waals surface area contributed by atoms with Crippen molar-refractivity contribution >= 4 is 11.6 Å². The number of aromatic nitrogens is 4. The third-order valence-electron chi connectivity index (χ3n) is 2.95. The molecule has 6 heteroatoms. The molecule has 1 aromatic heterocycles. The maximum Gasteiger partial charge on any atom is 0.165 e. The van der Waals surface area contributed by atoms with E-state index in [4.69, 9.17) is 11.6 Å². The van der Waals surface area contributed by atoms with Crippen LogP contribution in [0.4, 0.5) is 0 Å². The number of nitrogens with one attached hydrogen (secondary N) is 1. The van der Waals surface area contributed by atoms with Crippen LogP contribution in [0.3, 0.4) is 0 Å². The first-order valence-electron chi connectivity index (χ1n) is 6.34.